The van der Waals surface area contributed by atoms with E-state index < -0.39 is 0 Å². The molecule has 0 bridgehead atoms. The summed E-state index contributed by atoms with van der Waals surface area (Å²) in [6, 6.07) is 9.98. The zero-order valence-electron chi connectivity index (χ0n) is 8.94. The van der Waals surface area contributed by atoms with Crippen molar-refractivity contribution in [2.45, 2.75) is 0 Å². The fourth-order valence-corrected chi connectivity index (χ4v) is 2.17. The predicted octanol–water partition coefficient (Wildman–Crippen LogP) is 5.88. The van der Waals surface area contributed by atoms with Gasteiger partial charge in [0.25, 0.3) is 0 Å². The van der Waals surface area contributed by atoms with E-state index in [4.69, 9.17) is 23.2 Å². The summed E-state index contributed by atoms with van der Waals surface area (Å²) in [6.45, 7) is 0. The zero-order chi connectivity index (χ0) is 13.1. The summed E-state index contributed by atoms with van der Waals surface area (Å²) >= 11 is 14.8. The van der Waals surface area contributed by atoms with Gasteiger partial charge in [0, 0.05) is 10.0 Å². The van der Waals surface area contributed by atoms with Gasteiger partial charge in [-0.15, -0.1) is 5.11 Å². The maximum absolute atomic E-state index is 9.76. The van der Waals surface area contributed by atoms with E-state index >= 15 is 0 Å². The van der Waals surface area contributed by atoms with Crippen LogP contribution < -0.4 is 0 Å². The van der Waals surface area contributed by atoms with Crippen molar-refractivity contribution in [3.8, 4) is 5.75 Å². The van der Waals surface area contributed by atoms with Gasteiger partial charge in [-0.3, -0.25) is 0 Å². The van der Waals surface area contributed by atoms with Crippen LogP contribution in [0.2, 0.25) is 10.0 Å². The first-order valence-corrected chi connectivity index (χ1v) is 6.46. The highest BCUT2D eigenvalue weighted by molar-refractivity contribution is 9.10. The Morgan fingerprint density at radius 2 is 1.61 bits per heavy atom. The molecule has 0 saturated heterocycles. The highest BCUT2D eigenvalue weighted by Crippen LogP contribution is 2.37. The third kappa shape index (κ3) is 3.22. The van der Waals surface area contributed by atoms with Crippen LogP contribution in [0.25, 0.3) is 0 Å². The molecule has 0 aliphatic rings. The third-order valence-corrected chi connectivity index (χ3v) is 3.18. The first-order valence-electron chi connectivity index (χ1n) is 4.91. The highest BCUT2D eigenvalue weighted by Gasteiger charge is 2.06. The van der Waals surface area contributed by atoms with E-state index in [1.807, 2.05) is 0 Å². The minimum Gasteiger partial charge on any atom is -0.505 e. The Morgan fingerprint density at radius 1 is 0.944 bits per heavy atom. The molecule has 0 atom stereocenters. The lowest BCUT2D eigenvalue weighted by Crippen LogP contribution is -1.72. The lowest BCUT2D eigenvalue weighted by molar-refractivity contribution is 0.473. The molecule has 0 amide bonds. The SMILES string of the molecule is Oc1c(Br)cc(Cl)cc1N=Nc1ccc(Cl)cc1. The summed E-state index contributed by atoms with van der Waals surface area (Å²) < 4.78 is 0.472. The molecule has 0 saturated carbocycles. The smallest absolute Gasteiger partial charge is 0.157 e. The molecular formula is C12H7BrCl2N2O. The van der Waals surface area contributed by atoms with Crippen LogP contribution >= 0.6 is 39.1 Å². The van der Waals surface area contributed by atoms with Gasteiger partial charge in [-0.25, -0.2) is 0 Å². The Morgan fingerprint density at radius 3 is 2.28 bits per heavy atom. The molecule has 18 heavy (non-hydrogen) atoms. The van der Waals surface area contributed by atoms with Crippen LogP contribution in [0.3, 0.4) is 0 Å². The summed E-state index contributed by atoms with van der Waals surface area (Å²) in [6.07, 6.45) is 0. The zero-order valence-corrected chi connectivity index (χ0v) is 12.0. The molecule has 1 N–H and O–H groups in total. The summed E-state index contributed by atoms with van der Waals surface area (Å²) in [5, 5.41) is 18.8. The highest BCUT2D eigenvalue weighted by atomic mass is 79.9. The number of benzene rings is 2. The second kappa shape index (κ2) is 5.69. The number of phenolic OH excluding ortho intramolecular Hbond substituents is 1. The molecule has 0 unspecified atom stereocenters. The number of nitrogens with zero attached hydrogens (tertiary/aromatic N) is 2. The molecule has 0 radical (unpaired) electrons. The maximum atomic E-state index is 9.76. The van der Waals surface area contributed by atoms with Gasteiger partial charge in [0.05, 0.1) is 10.2 Å². The average molecular weight is 346 g/mol. The maximum Gasteiger partial charge on any atom is 0.157 e. The van der Waals surface area contributed by atoms with E-state index in [2.05, 4.69) is 26.2 Å². The van der Waals surface area contributed by atoms with Crippen molar-refractivity contribution in [2.75, 3.05) is 0 Å². The Bertz CT molecular complexity index is 600. The number of azo groups is 1. The van der Waals surface area contributed by atoms with Crippen LogP contribution in [-0.4, -0.2) is 5.11 Å². The number of hydrogen-bond donors (Lipinski definition) is 1. The van der Waals surface area contributed by atoms with Crippen LogP contribution in [0.1, 0.15) is 0 Å². The van der Waals surface area contributed by atoms with Gasteiger partial charge in [-0.2, -0.15) is 5.11 Å². The standard InChI is InChI=1S/C12H7BrCl2N2O/c13-10-5-8(15)6-11(12(10)18)17-16-9-3-1-7(14)2-4-9/h1-6,18H. The van der Waals surface area contributed by atoms with Gasteiger partial charge in [0.2, 0.25) is 0 Å². The van der Waals surface area contributed by atoms with Crippen molar-refractivity contribution in [2.24, 2.45) is 10.2 Å². The van der Waals surface area contributed by atoms with Crippen LogP contribution in [0.15, 0.2) is 51.1 Å². The second-order valence-electron chi connectivity index (χ2n) is 3.43. The van der Waals surface area contributed by atoms with Crippen molar-refractivity contribution in [3.63, 3.8) is 0 Å². The number of hydrogen-bond acceptors (Lipinski definition) is 3. The van der Waals surface area contributed by atoms with Crippen LogP contribution in [0.5, 0.6) is 5.75 Å². The molecule has 2 aromatic carbocycles. The third-order valence-electron chi connectivity index (χ3n) is 2.11. The van der Waals surface area contributed by atoms with E-state index in [-0.39, 0.29) is 5.75 Å². The largest absolute Gasteiger partial charge is 0.505 e. The van der Waals surface area contributed by atoms with E-state index in [0.717, 1.165) is 0 Å². The Hall–Kier alpha value is -1.10. The number of halogens is 3. The van der Waals surface area contributed by atoms with Gasteiger partial charge in [-0.1, -0.05) is 23.2 Å². The lowest BCUT2D eigenvalue weighted by Gasteiger charge is -2.01. The molecule has 6 heteroatoms. The van der Waals surface area contributed by atoms with Crippen molar-refractivity contribution in [1.82, 2.24) is 0 Å². The number of phenols is 1. The molecule has 92 valence electrons. The predicted molar refractivity (Wildman–Crippen MR) is 76.4 cm³/mol. The van der Waals surface area contributed by atoms with E-state index in [9.17, 15) is 5.11 Å². The molecule has 0 aliphatic heterocycles. The fourth-order valence-electron chi connectivity index (χ4n) is 1.25. The fraction of sp³-hybridized carbons (Fsp3) is 0. The second-order valence-corrected chi connectivity index (χ2v) is 5.16. The molecule has 2 rings (SSSR count). The van der Waals surface area contributed by atoms with Crippen molar-refractivity contribution >= 4 is 50.5 Å². The van der Waals surface area contributed by atoms with Crippen LogP contribution in [0.4, 0.5) is 11.4 Å². The summed E-state index contributed by atoms with van der Waals surface area (Å²) in [5.41, 5.74) is 0.930. The van der Waals surface area contributed by atoms with Gasteiger partial charge in [0.15, 0.2) is 5.75 Å². The summed E-state index contributed by atoms with van der Waals surface area (Å²) in [7, 11) is 0. The van der Waals surface area contributed by atoms with E-state index in [1.54, 1.807) is 30.3 Å². The topological polar surface area (TPSA) is 45.0 Å². The Kier molecular flexibility index (Phi) is 4.22. The molecule has 0 aromatic heterocycles. The van der Waals surface area contributed by atoms with E-state index in [1.165, 1.54) is 6.07 Å². The average Bonchev–Trinajstić information content (AvgIpc) is 2.34. The molecule has 2 aromatic rings. The van der Waals surface area contributed by atoms with Crippen molar-refractivity contribution in [3.05, 3.63) is 50.9 Å². The van der Waals surface area contributed by atoms with Crippen LogP contribution in [0, 0.1) is 0 Å². The van der Waals surface area contributed by atoms with Gasteiger partial charge in [-0.05, 0) is 52.3 Å². The van der Waals surface area contributed by atoms with Crippen molar-refractivity contribution < 1.29 is 5.11 Å². The normalized spacial score (nSPS) is 11.1. The minimum absolute atomic E-state index is 0.00267. The van der Waals surface area contributed by atoms with Crippen molar-refractivity contribution in [1.29, 1.82) is 0 Å². The lowest BCUT2D eigenvalue weighted by atomic mass is 10.3. The van der Waals surface area contributed by atoms with Gasteiger partial charge < -0.3 is 5.11 Å². The summed E-state index contributed by atoms with van der Waals surface area (Å²) in [5.74, 6) is -0.00267. The molecule has 0 fully saturated rings. The molecule has 3 nitrogen and oxygen atoms in total. The quantitative estimate of drug-likeness (QED) is 0.679. The van der Waals surface area contributed by atoms with Crippen LogP contribution in [-0.2, 0) is 0 Å². The molecule has 0 heterocycles. The van der Waals surface area contributed by atoms with Gasteiger partial charge in [0.1, 0.15) is 5.69 Å². The van der Waals surface area contributed by atoms with E-state index in [0.29, 0.717) is 25.9 Å². The number of rotatable bonds is 2. The minimum atomic E-state index is -0.00267. The first kappa shape index (κ1) is 13.3. The Balaban J connectivity index is 2.31. The molecule has 0 spiro atoms. The first-order chi connectivity index (χ1) is 8.56. The number of aromatic hydroxyl groups is 1. The summed E-state index contributed by atoms with van der Waals surface area (Å²) in [4.78, 5) is 0. The van der Waals surface area contributed by atoms with Gasteiger partial charge >= 0.3 is 0 Å². The Labute approximate surface area is 122 Å². The monoisotopic (exact) mass is 344 g/mol. The molecule has 0 aliphatic carbocycles. The molecular weight excluding hydrogens is 339 g/mol.